The minimum atomic E-state index is 0.588. The molecule has 4 heteroatoms. The van der Waals surface area contributed by atoms with Crippen LogP contribution in [0.2, 0.25) is 0 Å². The highest BCUT2D eigenvalue weighted by Gasteiger charge is 2.08. The molecule has 0 amide bonds. The lowest BCUT2D eigenvalue weighted by molar-refractivity contribution is 0.588. The summed E-state index contributed by atoms with van der Waals surface area (Å²) >= 11 is 0. The minimum absolute atomic E-state index is 0.588. The molecule has 20 heavy (non-hydrogen) atoms. The first-order valence-corrected chi connectivity index (χ1v) is 6.38. The number of pyridine rings is 1. The lowest BCUT2D eigenvalue weighted by atomic mass is 10.1. The van der Waals surface area contributed by atoms with Gasteiger partial charge in [-0.2, -0.15) is 0 Å². The second kappa shape index (κ2) is 5.17. The van der Waals surface area contributed by atoms with Crippen molar-refractivity contribution in [1.82, 2.24) is 9.97 Å². The minimum Gasteiger partial charge on any atom is -0.436 e. The van der Waals surface area contributed by atoms with Gasteiger partial charge in [-0.1, -0.05) is 0 Å². The fourth-order valence-electron chi connectivity index (χ4n) is 1.95. The van der Waals surface area contributed by atoms with Crippen LogP contribution in [0.1, 0.15) is 0 Å². The number of hydrogen-bond acceptors (Lipinski definition) is 4. The molecule has 3 rings (SSSR count). The maximum Gasteiger partial charge on any atom is 0.228 e. The van der Waals surface area contributed by atoms with Crippen LogP contribution in [0.3, 0.4) is 0 Å². The number of aromatic nitrogens is 2. The standard InChI is InChI=1S/C16H15N3O/c1-19(2)14-7-5-12(6-8-14)15-11-18-16(20-15)13-4-3-9-17-10-13/h3-11H,1-2H3. The van der Waals surface area contributed by atoms with E-state index in [1.165, 1.54) is 0 Å². The smallest absolute Gasteiger partial charge is 0.228 e. The molecule has 0 unspecified atom stereocenters. The van der Waals surface area contributed by atoms with Crippen LogP contribution < -0.4 is 4.90 Å². The van der Waals surface area contributed by atoms with Crippen molar-refractivity contribution in [2.24, 2.45) is 0 Å². The van der Waals surface area contributed by atoms with Crippen LogP contribution in [-0.2, 0) is 0 Å². The number of anilines is 1. The van der Waals surface area contributed by atoms with Gasteiger partial charge in [-0.3, -0.25) is 4.98 Å². The largest absolute Gasteiger partial charge is 0.436 e. The Balaban J connectivity index is 1.90. The van der Waals surface area contributed by atoms with E-state index in [2.05, 4.69) is 27.0 Å². The zero-order valence-electron chi connectivity index (χ0n) is 11.4. The molecule has 0 bridgehead atoms. The molecule has 3 aromatic rings. The molecular formula is C16H15N3O. The summed E-state index contributed by atoms with van der Waals surface area (Å²) in [5, 5.41) is 0. The Hall–Kier alpha value is -2.62. The summed E-state index contributed by atoms with van der Waals surface area (Å²) in [7, 11) is 4.04. The Kier molecular flexibility index (Phi) is 3.21. The van der Waals surface area contributed by atoms with E-state index in [0.717, 1.165) is 22.6 Å². The SMILES string of the molecule is CN(C)c1ccc(-c2cnc(-c3cccnc3)o2)cc1. The molecule has 0 aliphatic rings. The van der Waals surface area contributed by atoms with Crippen molar-refractivity contribution in [1.29, 1.82) is 0 Å². The molecule has 1 aromatic carbocycles. The van der Waals surface area contributed by atoms with Crippen LogP contribution in [-0.4, -0.2) is 24.1 Å². The molecule has 0 saturated carbocycles. The molecule has 0 N–H and O–H groups in total. The molecule has 2 aromatic heterocycles. The first kappa shape index (κ1) is 12.4. The Bertz CT molecular complexity index is 687. The lowest BCUT2D eigenvalue weighted by Crippen LogP contribution is -2.07. The molecule has 0 saturated heterocycles. The van der Waals surface area contributed by atoms with Gasteiger partial charge in [-0.25, -0.2) is 4.98 Å². The molecule has 0 radical (unpaired) electrons. The number of oxazole rings is 1. The first-order valence-electron chi connectivity index (χ1n) is 6.38. The third-order valence-corrected chi connectivity index (χ3v) is 3.08. The maximum absolute atomic E-state index is 5.79. The topological polar surface area (TPSA) is 42.2 Å². The van der Waals surface area contributed by atoms with Crippen molar-refractivity contribution < 1.29 is 4.42 Å². The summed E-state index contributed by atoms with van der Waals surface area (Å²) in [6.45, 7) is 0. The first-order chi connectivity index (χ1) is 9.74. The molecule has 2 heterocycles. The predicted octanol–water partition coefficient (Wildman–Crippen LogP) is 3.47. The van der Waals surface area contributed by atoms with Gasteiger partial charge < -0.3 is 9.32 Å². The second-order valence-corrected chi connectivity index (χ2v) is 4.71. The van der Waals surface area contributed by atoms with Gasteiger partial charge in [-0.15, -0.1) is 0 Å². The molecule has 0 fully saturated rings. The van der Waals surface area contributed by atoms with Gasteiger partial charge in [0.25, 0.3) is 0 Å². The van der Waals surface area contributed by atoms with Crippen molar-refractivity contribution >= 4 is 5.69 Å². The van der Waals surface area contributed by atoms with Crippen molar-refractivity contribution in [3.8, 4) is 22.8 Å². The normalized spacial score (nSPS) is 10.5. The van der Waals surface area contributed by atoms with E-state index in [1.807, 2.05) is 38.4 Å². The summed E-state index contributed by atoms with van der Waals surface area (Å²) < 4.78 is 5.79. The number of rotatable bonds is 3. The van der Waals surface area contributed by atoms with Crippen LogP contribution >= 0.6 is 0 Å². The highest BCUT2D eigenvalue weighted by molar-refractivity contribution is 5.63. The Morgan fingerprint density at radius 1 is 0.950 bits per heavy atom. The highest BCUT2D eigenvalue weighted by atomic mass is 16.4. The third kappa shape index (κ3) is 2.40. The van der Waals surface area contributed by atoms with Crippen molar-refractivity contribution in [2.45, 2.75) is 0 Å². The second-order valence-electron chi connectivity index (χ2n) is 4.71. The van der Waals surface area contributed by atoms with E-state index in [9.17, 15) is 0 Å². The third-order valence-electron chi connectivity index (χ3n) is 3.08. The fourth-order valence-corrected chi connectivity index (χ4v) is 1.95. The van der Waals surface area contributed by atoms with Gasteiger partial charge in [0.1, 0.15) is 0 Å². The summed E-state index contributed by atoms with van der Waals surface area (Å²) in [5.74, 6) is 1.35. The van der Waals surface area contributed by atoms with E-state index in [-0.39, 0.29) is 0 Å². The van der Waals surface area contributed by atoms with E-state index >= 15 is 0 Å². The van der Waals surface area contributed by atoms with Crippen LogP contribution in [0.4, 0.5) is 5.69 Å². The van der Waals surface area contributed by atoms with Crippen molar-refractivity contribution in [3.05, 3.63) is 55.0 Å². The van der Waals surface area contributed by atoms with Crippen LogP contribution in [0.25, 0.3) is 22.8 Å². The highest BCUT2D eigenvalue weighted by Crippen LogP contribution is 2.26. The predicted molar refractivity (Wildman–Crippen MR) is 79.5 cm³/mol. The molecule has 0 atom stereocenters. The zero-order valence-corrected chi connectivity index (χ0v) is 11.4. The summed E-state index contributed by atoms with van der Waals surface area (Å²) in [4.78, 5) is 10.4. The quantitative estimate of drug-likeness (QED) is 0.727. The van der Waals surface area contributed by atoms with Gasteiger partial charge in [0.15, 0.2) is 5.76 Å². The molecule has 0 aliphatic carbocycles. The Labute approximate surface area is 117 Å². The zero-order chi connectivity index (χ0) is 13.9. The number of hydrogen-bond donors (Lipinski definition) is 0. The Morgan fingerprint density at radius 2 is 1.75 bits per heavy atom. The summed E-state index contributed by atoms with van der Waals surface area (Å²) in [6.07, 6.45) is 5.21. The molecule has 0 aliphatic heterocycles. The summed E-state index contributed by atoms with van der Waals surface area (Å²) in [6, 6.07) is 12.0. The summed E-state index contributed by atoms with van der Waals surface area (Å²) in [5.41, 5.74) is 3.04. The maximum atomic E-state index is 5.79. The van der Waals surface area contributed by atoms with Gasteiger partial charge in [0.2, 0.25) is 5.89 Å². The van der Waals surface area contributed by atoms with Crippen molar-refractivity contribution in [3.63, 3.8) is 0 Å². The molecular weight excluding hydrogens is 250 g/mol. The van der Waals surface area contributed by atoms with Gasteiger partial charge in [-0.05, 0) is 36.4 Å². The molecule has 4 nitrogen and oxygen atoms in total. The molecule has 0 spiro atoms. The monoisotopic (exact) mass is 265 g/mol. The van der Waals surface area contributed by atoms with Crippen LogP contribution in [0, 0.1) is 0 Å². The van der Waals surface area contributed by atoms with E-state index < -0.39 is 0 Å². The number of nitrogens with zero attached hydrogens (tertiary/aromatic N) is 3. The lowest BCUT2D eigenvalue weighted by Gasteiger charge is -2.11. The van der Waals surface area contributed by atoms with Crippen LogP contribution in [0.5, 0.6) is 0 Å². The fraction of sp³-hybridized carbons (Fsp3) is 0.125. The van der Waals surface area contributed by atoms with Gasteiger partial charge in [0.05, 0.1) is 11.8 Å². The Morgan fingerprint density at radius 3 is 2.40 bits per heavy atom. The van der Waals surface area contributed by atoms with Crippen molar-refractivity contribution in [2.75, 3.05) is 19.0 Å². The molecule has 100 valence electrons. The average Bonchev–Trinajstić information content (AvgIpc) is 2.98. The van der Waals surface area contributed by atoms with Gasteiger partial charge in [0, 0.05) is 37.7 Å². The van der Waals surface area contributed by atoms with Gasteiger partial charge >= 0.3 is 0 Å². The van der Waals surface area contributed by atoms with E-state index in [0.29, 0.717) is 5.89 Å². The van der Waals surface area contributed by atoms with E-state index in [4.69, 9.17) is 4.42 Å². The van der Waals surface area contributed by atoms with E-state index in [1.54, 1.807) is 18.6 Å². The average molecular weight is 265 g/mol. The van der Waals surface area contributed by atoms with Crippen LogP contribution in [0.15, 0.2) is 59.4 Å². The number of benzene rings is 1.